The van der Waals surface area contributed by atoms with Crippen LogP contribution in [0.3, 0.4) is 0 Å². The Hall–Kier alpha value is -0.420. The summed E-state index contributed by atoms with van der Waals surface area (Å²) in [5, 5.41) is 0.869. The molecule has 2 heterocycles. The predicted octanol–water partition coefficient (Wildman–Crippen LogP) is 4.03. The molecule has 2 atom stereocenters. The van der Waals surface area contributed by atoms with Gasteiger partial charge in [-0.1, -0.05) is 46.9 Å². The van der Waals surface area contributed by atoms with Crippen molar-refractivity contribution in [3.05, 3.63) is 12.2 Å². The first-order valence-electron chi connectivity index (χ1n) is 7.32. The van der Waals surface area contributed by atoms with Crippen LogP contribution in [0.1, 0.15) is 44.9 Å². The van der Waals surface area contributed by atoms with Crippen molar-refractivity contribution in [2.45, 2.75) is 55.7 Å². The Labute approximate surface area is 129 Å². The molecule has 2 rings (SSSR count). The second kappa shape index (κ2) is 8.13. The highest BCUT2D eigenvalue weighted by Gasteiger charge is 2.30. The quantitative estimate of drug-likeness (QED) is 0.385. The molecule has 2 aliphatic rings. The number of hydrogen-bond donors (Lipinski definition) is 0. The largest absolute Gasteiger partial charge is 0.469 e. The maximum Gasteiger partial charge on any atom is 0.308 e. The maximum absolute atomic E-state index is 11.5. The van der Waals surface area contributed by atoms with Crippen molar-refractivity contribution in [3.63, 3.8) is 0 Å². The lowest BCUT2D eigenvalue weighted by molar-refractivity contribution is -0.141. The van der Waals surface area contributed by atoms with E-state index in [0.29, 0.717) is 6.42 Å². The number of ether oxygens (including phenoxy) is 1. The van der Waals surface area contributed by atoms with Gasteiger partial charge in [-0.2, -0.15) is 0 Å². The van der Waals surface area contributed by atoms with Gasteiger partial charge in [-0.25, -0.2) is 0 Å². The molecule has 0 aromatic heterocycles. The van der Waals surface area contributed by atoms with Gasteiger partial charge in [-0.3, -0.25) is 9.79 Å². The summed E-state index contributed by atoms with van der Waals surface area (Å²) in [6.45, 7) is 0. The average Bonchev–Trinajstić information content (AvgIpc) is 3.10. The number of carbonyl (C=O) groups excluding carboxylic acids is 1. The fraction of sp³-hybridized carbons (Fsp3) is 0.733. The van der Waals surface area contributed by atoms with Gasteiger partial charge >= 0.3 is 5.97 Å². The zero-order valence-electron chi connectivity index (χ0n) is 12.0. The number of rotatable bonds is 8. The van der Waals surface area contributed by atoms with Crippen molar-refractivity contribution in [3.8, 4) is 0 Å². The van der Waals surface area contributed by atoms with Gasteiger partial charge in [0, 0.05) is 17.2 Å². The molecule has 0 aromatic rings. The smallest absolute Gasteiger partial charge is 0.308 e. The Bertz CT molecular complexity index is 364. The second-order valence-corrected chi connectivity index (χ2v) is 8.21. The standard InChI is InChI=1S/C15H23NO2S2/c1-18-14(17)12-15(9-5-10-16-15)8-4-2-3-6-13-7-11-19-20-13/h5,9-10,13H,2-4,6-8,11-12H2,1H3. The number of aliphatic imine (C=N–C) groups is 1. The lowest BCUT2D eigenvalue weighted by atomic mass is 9.89. The summed E-state index contributed by atoms with van der Waals surface area (Å²) in [4.78, 5) is 16.0. The molecule has 0 amide bonds. The number of esters is 1. The molecule has 0 spiro atoms. The number of unbranched alkanes of at least 4 members (excludes halogenated alkanes) is 2. The van der Waals surface area contributed by atoms with Gasteiger partial charge in [0.2, 0.25) is 0 Å². The Kier molecular flexibility index (Phi) is 6.49. The van der Waals surface area contributed by atoms with Crippen molar-refractivity contribution in [1.82, 2.24) is 0 Å². The molecular formula is C15H23NO2S2. The van der Waals surface area contributed by atoms with Gasteiger partial charge in [0.15, 0.2) is 0 Å². The predicted molar refractivity (Wildman–Crippen MR) is 88.5 cm³/mol. The van der Waals surface area contributed by atoms with Crippen LogP contribution in [0.5, 0.6) is 0 Å². The lowest BCUT2D eigenvalue weighted by Crippen LogP contribution is -2.26. The highest BCUT2D eigenvalue weighted by molar-refractivity contribution is 8.77. The van der Waals surface area contributed by atoms with E-state index in [-0.39, 0.29) is 11.5 Å². The van der Waals surface area contributed by atoms with Gasteiger partial charge in [0.25, 0.3) is 0 Å². The molecule has 112 valence electrons. The molecule has 0 N–H and O–H groups in total. The summed E-state index contributed by atoms with van der Waals surface area (Å²) in [5.74, 6) is 1.14. The van der Waals surface area contributed by atoms with Crippen LogP contribution in [0, 0.1) is 0 Å². The Morgan fingerprint density at radius 3 is 3.00 bits per heavy atom. The summed E-state index contributed by atoms with van der Waals surface area (Å²) in [7, 11) is 5.51. The van der Waals surface area contributed by atoms with Crippen molar-refractivity contribution in [2.24, 2.45) is 4.99 Å². The first-order valence-corrected chi connectivity index (χ1v) is 9.70. The van der Waals surface area contributed by atoms with Crippen LogP contribution in [0.25, 0.3) is 0 Å². The summed E-state index contributed by atoms with van der Waals surface area (Å²) in [6.07, 6.45) is 13.5. The number of allylic oxidation sites excluding steroid dienone is 1. The van der Waals surface area contributed by atoms with Crippen LogP contribution in [0.15, 0.2) is 17.1 Å². The number of hydrogen-bond acceptors (Lipinski definition) is 5. The van der Waals surface area contributed by atoms with Crippen molar-refractivity contribution < 1.29 is 9.53 Å². The zero-order valence-corrected chi connectivity index (χ0v) is 13.7. The summed E-state index contributed by atoms with van der Waals surface area (Å²) in [5.41, 5.74) is -0.328. The summed E-state index contributed by atoms with van der Waals surface area (Å²) in [6, 6.07) is 0. The molecule has 2 unspecified atom stereocenters. The van der Waals surface area contributed by atoms with Gasteiger partial charge in [0.1, 0.15) is 0 Å². The molecule has 1 saturated heterocycles. The van der Waals surface area contributed by atoms with Gasteiger partial charge in [-0.15, -0.1) is 0 Å². The topological polar surface area (TPSA) is 38.7 Å². The maximum atomic E-state index is 11.5. The molecular weight excluding hydrogens is 290 g/mol. The third-order valence-corrected chi connectivity index (χ3v) is 6.87. The van der Waals surface area contributed by atoms with Gasteiger partial charge in [-0.05, 0) is 25.3 Å². The number of methoxy groups -OCH3 is 1. The minimum Gasteiger partial charge on any atom is -0.469 e. The molecule has 0 bridgehead atoms. The lowest BCUT2D eigenvalue weighted by Gasteiger charge is -2.22. The molecule has 3 nitrogen and oxygen atoms in total. The monoisotopic (exact) mass is 313 g/mol. The fourth-order valence-electron chi connectivity index (χ4n) is 2.66. The van der Waals surface area contributed by atoms with Crippen LogP contribution in [0.4, 0.5) is 0 Å². The minimum absolute atomic E-state index is 0.173. The average molecular weight is 313 g/mol. The second-order valence-electron chi connectivity index (χ2n) is 5.42. The van der Waals surface area contributed by atoms with E-state index in [1.165, 1.54) is 38.5 Å². The van der Waals surface area contributed by atoms with Crippen LogP contribution in [-0.4, -0.2) is 35.8 Å². The Balaban J connectivity index is 1.66. The van der Waals surface area contributed by atoms with Crippen LogP contribution in [-0.2, 0) is 9.53 Å². The van der Waals surface area contributed by atoms with Crippen molar-refractivity contribution in [2.75, 3.05) is 12.9 Å². The van der Waals surface area contributed by atoms with Crippen LogP contribution < -0.4 is 0 Å². The highest BCUT2D eigenvalue weighted by Crippen LogP contribution is 2.40. The fourth-order valence-corrected chi connectivity index (χ4v) is 5.69. The first kappa shape index (κ1) is 16.0. The van der Waals surface area contributed by atoms with E-state index in [4.69, 9.17) is 4.74 Å². The number of carbonyl (C=O) groups is 1. The third kappa shape index (κ3) is 4.85. The highest BCUT2D eigenvalue weighted by atomic mass is 33.1. The van der Waals surface area contributed by atoms with Crippen molar-refractivity contribution >= 4 is 33.8 Å². The molecule has 1 fully saturated rings. The van der Waals surface area contributed by atoms with E-state index in [1.807, 2.05) is 22.9 Å². The first-order chi connectivity index (χ1) is 9.74. The normalized spacial score (nSPS) is 28.1. The molecule has 2 aliphatic heterocycles. The van der Waals surface area contributed by atoms with E-state index >= 15 is 0 Å². The molecule has 0 radical (unpaired) electrons. The third-order valence-electron chi connectivity index (χ3n) is 3.87. The van der Waals surface area contributed by atoms with Crippen LogP contribution in [0.2, 0.25) is 0 Å². The summed E-state index contributed by atoms with van der Waals surface area (Å²) >= 11 is 0. The van der Waals surface area contributed by atoms with E-state index in [1.54, 1.807) is 6.21 Å². The SMILES string of the molecule is COC(=O)CC1(CCCCCC2CCSS2)C=CC=N1. The van der Waals surface area contributed by atoms with Gasteiger partial charge < -0.3 is 4.74 Å². The molecule has 5 heteroatoms. The van der Waals surface area contributed by atoms with Crippen LogP contribution >= 0.6 is 21.6 Å². The summed E-state index contributed by atoms with van der Waals surface area (Å²) < 4.78 is 4.78. The van der Waals surface area contributed by atoms with E-state index in [9.17, 15) is 4.79 Å². The van der Waals surface area contributed by atoms with E-state index < -0.39 is 0 Å². The minimum atomic E-state index is -0.328. The molecule has 0 saturated carbocycles. The molecule has 20 heavy (non-hydrogen) atoms. The Morgan fingerprint density at radius 2 is 2.35 bits per heavy atom. The van der Waals surface area contributed by atoms with Gasteiger partial charge in [0.05, 0.1) is 19.1 Å². The van der Waals surface area contributed by atoms with E-state index in [2.05, 4.69) is 15.8 Å². The molecule has 0 aliphatic carbocycles. The van der Waals surface area contributed by atoms with E-state index in [0.717, 1.165) is 18.1 Å². The number of nitrogens with zero attached hydrogens (tertiary/aromatic N) is 1. The van der Waals surface area contributed by atoms with Crippen molar-refractivity contribution in [1.29, 1.82) is 0 Å². The zero-order chi connectivity index (χ0) is 14.3. The molecule has 0 aromatic carbocycles. The Morgan fingerprint density at radius 1 is 1.45 bits per heavy atom.